The predicted molar refractivity (Wildman–Crippen MR) is 73.5 cm³/mol. The Morgan fingerprint density at radius 1 is 1.24 bits per heavy atom. The Bertz CT molecular complexity index is 624. The third-order valence-corrected chi connectivity index (χ3v) is 3.15. The first-order valence-corrected chi connectivity index (χ1v) is 6.52. The maximum atomic E-state index is 12.0. The van der Waals surface area contributed by atoms with Gasteiger partial charge in [0.1, 0.15) is 0 Å². The molecule has 112 valence electrons. The van der Waals surface area contributed by atoms with Crippen LogP contribution in [0, 0.1) is 0 Å². The number of alkyl halides is 3. The molecule has 0 aliphatic carbocycles. The standard InChI is InChI=1S/C14H12ClF3N2O/c15-11-9-10(5-6-19-13(21)14(16,17)18)3-4-12(11)20-7-1-2-8-20/h1-4,7-9H,5-6H2,(H,19,21). The highest BCUT2D eigenvalue weighted by Crippen LogP contribution is 2.22. The van der Waals surface area contributed by atoms with Crippen molar-refractivity contribution >= 4 is 17.5 Å². The summed E-state index contributed by atoms with van der Waals surface area (Å²) in [5.41, 5.74) is 1.53. The molecule has 1 N–H and O–H groups in total. The van der Waals surface area contributed by atoms with Crippen molar-refractivity contribution in [2.24, 2.45) is 0 Å². The van der Waals surface area contributed by atoms with Crippen LogP contribution in [0.3, 0.4) is 0 Å². The minimum absolute atomic E-state index is 0.0997. The van der Waals surface area contributed by atoms with Crippen molar-refractivity contribution in [3.8, 4) is 5.69 Å². The zero-order valence-corrected chi connectivity index (χ0v) is 11.6. The van der Waals surface area contributed by atoms with E-state index in [1.54, 1.807) is 18.2 Å². The fourth-order valence-corrected chi connectivity index (χ4v) is 2.13. The number of benzene rings is 1. The highest BCUT2D eigenvalue weighted by molar-refractivity contribution is 6.32. The van der Waals surface area contributed by atoms with Crippen molar-refractivity contribution in [3.05, 3.63) is 53.3 Å². The van der Waals surface area contributed by atoms with Crippen molar-refractivity contribution in [2.75, 3.05) is 6.54 Å². The lowest BCUT2D eigenvalue weighted by Crippen LogP contribution is -2.37. The van der Waals surface area contributed by atoms with Gasteiger partial charge in [0.2, 0.25) is 0 Å². The second-order valence-corrected chi connectivity index (χ2v) is 4.79. The Morgan fingerprint density at radius 3 is 2.48 bits per heavy atom. The largest absolute Gasteiger partial charge is 0.471 e. The van der Waals surface area contributed by atoms with Crippen LogP contribution < -0.4 is 5.32 Å². The van der Waals surface area contributed by atoms with Gasteiger partial charge in [0.25, 0.3) is 0 Å². The first-order chi connectivity index (χ1) is 9.88. The maximum absolute atomic E-state index is 12.0. The minimum Gasteiger partial charge on any atom is -0.348 e. The van der Waals surface area contributed by atoms with E-state index in [1.807, 2.05) is 34.4 Å². The molecule has 21 heavy (non-hydrogen) atoms. The molecule has 1 aromatic heterocycles. The summed E-state index contributed by atoms with van der Waals surface area (Å²) >= 11 is 6.15. The van der Waals surface area contributed by atoms with Gasteiger partial charge in [0.15, 0.2) is 0 Å². The molecule has 0 fully saturated rings. The normalized spacial score (nSPS) is 11.4. The molecule has 1 aromatic carbocycles. The smallest absolute Gasteiger partial charge is 0.348 e. The molecule has 0 saturated carbocycles. The monoisotopic (exact) mass is 316 g/mol. The van der Waals surface area contributed by atoms with Gasteiger partial charge in [0, 0.05) is 18.9 Å². The van der Waals surface area contributed by atoms with Crippen molar-refractivity contribution in [1.82, 2.24) is 9.88 Å². The van der Waals surface area contributed by atoms with Crippen LogP contribution in [0.1, 0.15) is 5.56 Å². The van der Waals surface area contributed by atoms with Crippen molar-refractivity contribution < 1.29 is 18.0 Å². The predicted octanol–water partition coefficient (Wildman–Crippen LogP) is 3.35. The summed E-state index contributed by atoms with van der Waals surface area (Å²) < 4.78 is 37.9. The lowest BCUT2D eigenvalue weighted by molar-refractivity contribution is -0.173. The Balaban J connectivity index is 1.97. The summed E-state index contributed by atoms with van der Waals surface area (Å²) in [6, 6.07) is 8.94. The van der Waals surface area contributed by atoms with E-state index in [2.05, 4.69) is 0 Å². The Labute approximate surface area is 124 Å². The van der Waals surface area contributed by atoms with Crippen molar-refractivity contribution in [3.63, 3.8) is 0 Å². The minimum atomic E-state index is -4.85. The molecule has 0 aliphatic heterocycles. The summed E-state index contributed by atoms with van der Waals surface area (Å²) in [5.74, 6) is -1.93. The Kier molecular flexibility index (Phi) is 4.57. The molecule has 0 aliphatic rings. The van der Waals surface area contributed by atoms with E-state index in [9.17, 15) is 18.0 Å². The van der Waals surface area contributed by atoms with Crippen LogP contribution in [0.25, 0.3) is 5.69 Å². The van der Waals surface area contributed by atoms with Crippen LogP contribution in [0.4, 0.5) is 13.2 Å². The van der Waals surface area contributed by atoms with E-state index in [4.69, 9.17) is 11.6 Å². The highest BCUT2D eigenvalue weighted by atomic mass is 35.5. The number of aromatic nitrogens is 1. The molecule has 0 atom stereocenters. The van der Waals surface area contributed by atoms with Gasteiger partial charge in [-0.05, 0) is 36.2 Å². The van der Waals surface area contributed by atoms with Crippen LogP contribution >= 0.6 is 11.6 Å². The average Bonchev–Trinajstić information content (AvgIpc) is 2.91. The highest BCUT2D eigenvalue weighted by Gasteiger charge is 2.38. The number of nitrogens with one attached hydrogen (secondary N) is 1. The zero-order valence-electron chi connectivity index (χ0n) is 10.8. The quantitative estimate of drug-likeness (QED) is 0.922. The van der Waals surface area contributed by atoms with Crippen LogP contribution in [0.2, 0.25) is 5.02 Å². The van der Waals surface area contributed by atoms with Gasteiger partial charge in [-0.3, -0.25) is 4.79 Å². The van der Waals surface area contributed by atoms with Gasteiger partial charge in [0.05, 0.1) is 10.7 Å². The molecule has 0 spiro atoms. The van der Waals surface area contributed by atoms with Gasteiger partial charge >= 0.3 is 12.1 Å². The molecule has 0 radical (unpaired) electrons. The van der Waals surface area contributed by atoms with E-state index in [1.165, 1.54) is 0 Å². The molecule has 2 rings (SSSR count). The fraction of sp³-hybridized carbons (Fsp3) is 0.214. The fourth-order valence-electron chi connectivity index (χ4n) is 1.83. The van der Waals surface area contributed by atoms with Crippen molar-refractivity contribution in [2.45, 2.75) is 12.6 Å². The molecule has 2 aromatic rings. The summed E-state index contributed by atoms with van der Waals surface area (Å²) in [5, 5.41) is 2.31. The van der Waals surface area contributed by atoms with E-state index in [0.717, 1.165) is 11.3 Å². The lowest BCUT2D eigenvalue weighted by Gasteiger charge is -2.10. The number of halogens is 4. The van der Waals surface area contributed by atoms with Crippen LogP contribution in [0.5, 0.6) is 0 Å². The molecular formula is C14H12ClF3N2O. The van der Waals surface area contributed by atoms with E-state index < -0.39 is 12.1 Å². The summed E-state index contributed by atoms with van der Waals surface area (Å²) in [4.78, 5) is 10.7. The first kappa shape index (κ1) is 15.4. The average molecular weight is 317 g/mol. The van der Waals surface area contributed by atoms with E-state index in [0.29, 0.717) is 5.02 Å². The second-order valence-electron chi connectivity index (χ2n) is 4.38. The number of carbonyl (C=O) groups is 1. The van der Waals surface area contributed by atoms with E-state index >= 15 is 0 Å². The third kappa shape index (κ3) is 4.01. The molecule has 3 nitrogen and oxygen atoms in total. The lowest BCUT2D eigenvalue weighted by atomic mass is 10.1. The number of rotatable bonds is 4. The Morgan fingerprint density at radius 2 is 1.90 bits per heavy atom. The third-order valence-electron chi connectivity index (χ3n) is 2.85. The summed E-state index contributed by atoms with van der Waals surface area (Å²) in [6.45, 7) is -0.0997. The molecule has 1 heterocycles. The second kappa shape index (κ2) is 6.22. The van der Waals surface area contributed by atoms with Gasteiger partial charge < -0.3 is 9.88 Å². The van der Waals surface area contributed by atoms with Gasteiger partial charge in [-0.15, -0.1) is 0 Å². The summed E-state index contributed by atoms with van der Waals surface area (Å²) in [6.07, 6.45) is -0.904. The molecule has 0 unspecified atom stereocenters. The summed E-state index contributed by atoms with van der Waals surface area (Å²) in [7, 11) is 0. The SMILES string of the molecule is O=C(NCCc1ccc(-n2cccc2)c(Cl)c1)C(F)(F)F. The molecule has 1 amide bonds. The van der Waals surface area contributed by atoms with Crippen LogP contribution in [-0.4, -0.2) is 23.2 Å². The van der Waals surface area contributed by atoms with Gasteiger partial charge in [-0.1, -0.05) is 17.7 Å². The van der Waals surface area contributed by atoms with E-state index in [-0.39, 0.29) is 13.0 Å². The zero-order chi connectivity index (χ0) is 15.5. The number of hydrogen-bond donors (Lipinski definition) is 1. The Hall–Kier alpha value is -1.95. The molecule has 0 bridgehead atoms. The van der Waals surface area contributed by atoms with Crippen LogP contribution in [0.15, 0.2) is 42.7 Å². The molecular weight excluding hydrogens is 305 g/mol. The van der Waals surface area contributed by atoms with Gasteiger partial charge in [-0.2, -0.15) is 13.2 Å². The first-order valence-electron chi connectivity index (χ1n) is 6.15. The number of nitrogens with zero attached hydrogens (tertiary/aromatic N) is 1. The number of amides is 1. The number of hydrogen-bond acceptors (Lipinski definition) is 1. The number of carbonyl (C=O) groups excluding carboxylic acids is 1. The maximum Gasteiger partial charge on any atom is 0.471 e. The van der Waals surface area contributed by atoms with Gasteiger partial charge in [-0.25, -0.2) is 0 Å². The van der Waals surface area contributed by atoms with Crippen molar-refractivity contribution in [1.29, 1.82) is 0 Å². The molecule has 7 heteroatoms. The topological polar surface area (TPSA) is 34.0 Å². The van der Waals surface area contributed by atoms with Crippen LogP contribution in [-0.2, 0) is 11.2 Å². The molecule has 0 saturated heterocycles.